The molecule has 1 unspecified atom stereocenters. The van der Waals surface area contributed by atoms with Gasteiger partial charge in [-0.25, -0.2) is 0 Å². The molecule has 0 aromatic carbocycles. The van der Waals surface area contributed by atoms with E-state index in [9.17, 15) is 4.79 Å². The zero-order valence-corrected chi connectivity index (χ0v) is 11.5. The van der Waals surface area contributed by atoms with Crippen LogP contribution in [-0.2, 0) is 4.79 Å². The molecule has 1 saturated heterocycles. The van der Waals surface area contributed by atoms with Gasteiger partial charge in [-0.15, -0.1) is 0 Å². The highest BCUT2D eigenvalue weighted by Gasteiger charge is 2.36. The quantitative estimate of drug-likeness (QED) is 0.776. The number of nitrogens with zero attached hydrogens (tertiary/aromatic N) is 1. The Hall–Kier alpha value is -1.09. The number of piperazine rings is 1. The number of nitrogens with one attached hydrogen (secondary N) is 1. The lowest BCUT2D eigenvalue weighted by atomic mass is 9.78. The summed E-state index contributed by atoms with van der Waals surface area (Å²) in [4.78, 5) is 14.1. The maximum atomic E-state index is 11.9. The van der Waals surface area contributed by atoms with Gasteiger partial charge in [0.05, 0.1) is 5.70 Å². The van der Waals surface area contributed by atoms with Crippen LogP contribution in [0, 0.1) is 5.92 Å². The standard InChI is InChI=1S/C15H24N2O/c1-4-6-14(12(3)18)17-11(2)9-16-10-15(17)13-7-5-8-13/h6,13,15-16H,2,4-5,7-10H2,1,3H3/b14-6-. The van der Waals surface area contributed by atoms with Gasteiger partial charge in [-0.3, -0.25) is 4.79 Å². The van der Waals surface area contributed by atoms with Crippen molar-refractivity contribution in [3.8, 4) is 0 Å². The molecule has 1 heterocycles. The van der Waals surface area contributed by atoms with Gasteiger partial charge >= 0.3 is 0 Å². The summed E-state index contributed by atoms with van der Waals surface area (Å²) in [5, 5.41) is 3.42. The summed E-state index contributed by atoms with van der Waals surface area (Å²) in [5.74, 6) is 0.873. The van der Waals surface area contributed by atoms with Crippen molar-refractivity contribution in [1.29, 1.82) is 0 Å². The fraction of sp³-hybridized carbons (Fsp3) is 0.667. The van der Waals surface area contributed by atoms with Crippen LogP contribution in [0.25, 0.3) is 0 Å². The van der Waals surface area contributed by atoms with Gasteiger partial charge in [-0.1, -0.05) is 26.0 Å². The molecular weight excluding hydrogens is 224 g/mol. The Balaban J connectivity index is 2.25. The maximum absolute atomic E-state index is 11.9. The highest BCUT2D eigenvalue weighted by molar-refractivity contribution is 5.93. The molecule has 0 amide bonds. The summed E-state index contributed by atoms with van der Waals surface area (Å²) >= 11 is 0. The minimum atomic E-state index is 0.157. The van der Waals surface area contributed by atoms with Crippen molar-refractivity contribution >= 4 is 5.78 Å². The number of carbonyl (C=O) groups excluding carboxylic acids is 1. The molecule has 0 aromatic heterocycles. The number of hydrogen-bond donors (Lipinski definition) is 1. The molecule has 2 aliphatic rings. The molecule has 2 fully saturated rings. The first-order valence-electron chi connectivity index (χ1n) is 7.04. The first kappa shape index (κ1) is 13.3. The number of rotatable bonds is 4. The molecule has 1 saturated carbocycles. The first-order chi connectivity index (χ1) is 8.65. The third-order valence-corrected chi connectivity index (χ3v) is 4.07. The smallest absolute Gasteiger partial charge is 0.175 e. The van der Waals surface area contributed by atoms with Crippen molar-refractivity contribution in [3.05, 3.63) is 24.0 Å². The Morgan fingerprint density at radius 2 is 2.28 bits per heavy atom. The van der Waals surface area contributed by atoms with E-state index in [0.29, 0.717) is 12.0 Å². The molecule has 2 rings (SSSR count). The van der Waals surface area contributed by atoms with Crippen LogP contribution in [0.15, 0.2) is 24.0 Å². The molecule has 0 spiro atoms. The second-order valence-corrected chi connectivity index (χ2v) is 5.38. The Bertz CT molecular complexity index is 369. The normalized spacial score (nSPS) is 26.1. The lowest BCUT2D eigenvalue weighted by Gasteiger charge is -2.46. The van der Waals surface area contributed by atoms with Gasteiger partial charge < -0.3 is 10.2 Å². The Kier molecular flexibility index (Phi) is 4.23. The molecule has 1 N–H and O–H groups in total. The van der Waals surface area contributed by atoms with Gasteiger partial charge in [0.25, 0.3) is 0 Å². The van der Waals surface area contributed by atoms with Crippen molar-refractivity contribution in [2.24, 2.45) is 5.92 Å². The van der Waals surface area contributed by atoms with Gasteiger partial charge in [0.2, 0.25) is 0 Å². The van der Waals surface area contributed by atoms with Crippen LogP contribution < -0.4 is 5.32 Å². The van der Waals surface area contributed by atoms with Gasteiger partial charge in [0, 0.05) is 31.8 Å². The monoisotopic (exact) mass is 248 g/mol. The van der Waals surface area contributed by atoms with Crippen molar-refractivity contribution in [2.75, 3.05) is 13.1 Å². The predicted molar refractivity (Wildman–Crippen MR) is 74.0 cm³/mol. The molecule has 0 bridgehead atoms. The van der Waals surface area contributed by atoms with Crippen LogP contribution in [0.2, 0.25) is 0 Å². The molecule has 1 atom stereocenters. The Morgan fingerprint density at radius 1 is 1.56 bits per heavy atom. The third kappa shape index (κ3) is 2.51. The van der Waals surface area contributed by atoms with E-state index in [0.717, 1.165) is 30.9 Å². The van der Waals surface area contributed by atoms with E-state index in [-0.39, 0.29) is 5.78 Å². The van der Waals surface area contributed by atoms with E-state index in [1.165, 1.54) is 19.3 Å². The molecule has 0 radical (unpaired) electrons. The number of ketones is 1. The SMILES string of the molecule is C=C1CNCC(C2CCC2)N1/C(=C\CC)C(C)=O. The topological polar surface area (TPSA) is 32.3 Å². The molecule has 1 aliphatic carbocycles. The Morgan fingerprint density at radius 3 is 2.78 bits per heavy atom. The van der Waals surface area contributed by atoms with Crippen LogP contribution in [0.1, 0.15) is 39.5 Å². The van der Waals surface area contributed by atoms with Gasteiger partial charge in [0.15, 0.2) is 5.78 Å². The van der Waals surface area contributed by atoms with Crippen LogP contribution in [0.4, 0.5) is 0 Å². The van der Waals surface area contributed by atoms with E-state index in [1.54, 1.807) is 6.92 Å². The zero-order chi connectivity index (χ0) is 13.1. The number of Topliss-reactive ketones (excluding diaryl/α,β-unsaturated/α-hetero) is 1. The highest BCUT2D eigenvalue weighted by Crippen LogP contribution is 2.36. The fourth-order valence-corrected chi connectivity index (χ4v) is 2.93. The maximum Gasteiger partial charge on any atom is 0.175 e. The fourth-order valence-electron chi connectivity index (χ4n) is 2.93. The third-order valence-electron chi connectivity index (χ3n) is 4.07. The van der Waals surface area contributed by atoms with Gasteiger partial charge in [-0.05, 0) is 25.2 Å². The lowest BCUT2D eigenvalue weighted by molar-refractivity contribution is -0.115. The van der Waals surface area contributed by atoms with Crippen molar-refractivity contribution in [2.45, 2.75) is 45.6 Å². The summed E-state index contributed by atoms with van der Waals surface area (Å²) in [6, 6.07) is 0.418. The average molecular weight is 248 g/mol. The summed E-state index contributed by atoms with van der Waals surface area (Å²) < 4.78 is 0. The molecule has 3 nitrogen and oxygen atoms in total. The number of allylic oxidation sites excluding steroid dienone is 2. The van der Waals surface area contributed by atoms with Crippen LogP contribution >= 0.6 is 0 Å². The molecular formula is C15H24N2O. The highest BCUT2D eigenvalue weighted by atomic mass is 16.1. The van der Waals surface area contributed by atoms with Crippen molar-refractivity contribution < 1.29 is 4.79 Å². The van der Waals surface area contributed by atoms with E-state index in [1.807, 2.05) is 6.08 Å². The van der Waals surface area contributed by atoms with Gasteiger partial charge in [-0.2, -0.15) is 0 Å². The summed E-state index contributed by atoms with van der Waals surface area (Å²) in [6.45, 7) is 9.64. The van der Waals surface area contributed by atoms with Gasteiger partial charge in [0.1, 0.15) is 0 Å². The number of carbonyl (C=O) groups is 1. The average Bonchev–Trinajstić information content (AvgIpc) is 2.24. The minimum Gasteiger partial charge on any atom is -0.337 e. The van der Waals surface area contributed by atoms with Crippen LogP contribution in [0.5, 0.6) is 0 Å². The second-order valence-electron chi connectivity index (χ2n) is 5.38. The molecule has 100 valence electrons. The lowest BCUT2D eigenvalue weighted by Crippen LogP contribution is -2.54. The summed E-state index contributed by atoms with van der Waals surface area (Å²) in [5.41, 5.74) is 1.88. The Labute approximate surface area is 110 Å². The van der Waals surface area contributed by atoms with E-state index in [2.05, 4.69) is 23.7 Å². The van der Waals surface area contributed by atoms with Crippen molar-refractivity contribution in [1.82, 2.24) is 10.2 Å². The van der Waals surface area contributed by atoms with Crippen LogP contribution in [-0.4, -0.2) is 29.8 Å². The minimum absolute atomic E-state index is 0.157. The van der Waals surface area contributed by atoms with E-state index < -0.39 is 0 Å². The predicted octanol–water partition coefficient (Wildman–Crippen LogP) is 2.46. The number of hydrogen-bond acceptors (Lipinski definition) is 3. The zero-order valence-electron chi connectivity index (χ0n) is 11.5. The molecule has 3 heteroatoms. The molecule has 0 aromatic rings. The van der Waals surface area contributed by atoms with E-state index in [4.69, 9.17) is 0 Å². The first-order valence-corrected chi connectivity index (χ1v) is 7.04. The second kappa shape index (κ2) is 5.70. The van der Waals surface area contributed by atoms with E-state index >= 15 is 0 Å². The van der Waals surface area contributed by atoms with Crippen molar-refractivity contribution in [3.63, 3.8) is 0 Å². The molecule has 18 heavy (non-hydrogen) atoms. The van der Waals surface area contributed by atoms with Crippen LogP contribution in [0.3, 0.4) is 0 Å². The summed E-state index contributed by atoms with van der Waals surface area (Å²) in [7, 11) is 0. The summed E-state index contributed by atoms with van der Waals surface area (Å²) in [6.07, 6.45) is 6.84. The largest absolute Gasteiger partial charge is 0.337 e. The molecule has 1 aliphatic heterocycles.